The fourth-order valence-corrected chi connectivity index (χ4v) is 4.42. The molecular weight excluding hydrogens is 422 g/mol. The van der Waals surface area contributed by atoms with Crippen LogP contribution >= 0.6 is 0 Å². The Hall–Kier alpha value is -3.22. The molecule has 0 saturated carbocycles. The molecule has 0 aromatic carbocycles. The fourth-order valence-electron chi connectivity index (χ4n) is 4.42. The Kier molecular flexibility index (Phi) is 6.77. The molecule has 1 N–H and O–H groups in total. The highest BCUT2D eigenvalue weighted by Crippen LogP contribution is 2.24. The summed E-state index contributed by atoms with van der Waals surface area (Å²) in [5.41, 5.74) is 1.14. The molecule has 0 bridgehead atoms. The van der Waals surface area contributed by atoms with Crippen LogP contribution in [0.1, 0.15) is 37.8 Å². The number of fused-ring (bicyclic) bond motifs is 1. The van der Waals surface area contributed by atoms with Crippen molar-refractivity contribution in [1.82, 2.24) is 14.7 Å². The number of pyridine rings is 1. The third-order valence-corrected chi connectivity index (χ3v) is 5.95. The van der Waals surface area contributed by atoms with Crippen molar-refractivity contribution in [2.75, 3.05) is 31.1 Å². The summed E-state index contributed by atoms with van der Waals surface area (Å²) in [6, 6.07) is 5.62. The van der Waals surface area contributed by atoms with Crippen LogP contribution < -0.4 is 15.8 Å². The zero-order valence-electron chi connectivity index (χ0n) is 19.2. The summed E-state index contributed by atoms with van der Waals surface area (Å²) in [6.07, 6.45) is 4.69. The second kappa shape index (κ2) is 9.73. The number of nitriles is 1. The minimum Gasteiger partial charge on any atom is -0.376 e. The van der Waals surface area contributed by atoms with E-state index in [2.05, 4.69) is 5.32 Å². The molecule has 2 aromatic heterocycles. The average Bonchev–Trinajstić information content (AvgIpc) is 3.30. The third kappa shape index (κ3) is 4.92. The molecule has 0 radical (unpaired) electrons. The van der Waals surface area contributed by atoms with Gasteiger partial charge < -0.3 is 19.7 Å². The number of ether oxygens (including phenoxy) is 2. The van der Waals surface area contributed by atoms with Crippen LogP contribution in [0.4, 0.5) is 5.82 Å². The lowest BCUT2D eigenvalue weighted by molar-refractivity contribution is -0.117. The van der Waals surface area contributed by atoms with Gasteiger partial charge in [0.25, 0.3) is 11.5 Å². The normalized spacial score (nSPS) is 23.5. The number of hydrogen-bond acceptors (Lipinski definition) is 7. The van der Waals surface area contributed by atoms with Gasteiger partial charge in [-0.05, 0) is 51.3 Å². The Bertz CT molecular complexity index is 1170. The van der Waals surface area contributed by atoms with Gasteiger partial charge in [-0.25, -0.2) is 4.98 Å². The first-order valence-corrected chi connectivity index (χ1v) is 11.3. The number of morpholine rings is 1. The zero-order valence-corrected chi connectivity index (χ0v) is 19.2. The van der Waals surface area contributed by atoms with E-state index in [0.717, 1.165) is 18.4 Å². The number of rotatable bonds is 5. The van der Waals surface area contributed by atoms with E-state index in [-0.39, 0.29) is 35.0 Å². The lowest BCUT2D eigenvalue weighted by Crippen LogP contribution is -2.46. The second-order valence-electron chi connectivity index (χ2n) is 8.72. The molecule has 33 heavy (non-hydrogen) atoms. The van der Waals surface area contributed by atoms with Gasteiger partial charge in [0.2, 0.25) is 0 Å². The molecule has 3 atom stereocenters. The standard InChI is InChI=1S/C24H29N5O4/c1-15-6-4-8-29-21(15)27-22(28-13-16(2)33-17(3)14-28)20(24(29)31)10-18(11-25)23(30)26-12-19-7-5-9-32-19/h4,6,8,10,16-17,19H,5,7,9,12-14H2,1-3H3,(H,26,30)/b18-10+. The topological polar surface area (TPSA) is 109 Å². The lowest BCUT2D eigenvalue weighted by Gasteiger charge is -2.36. The van der Waals surface area contributed by atoms with Gasteiger partial charge in [-0.15, -0.1) is 0 Å². The molecule has 1 amide bonds. The maximum atomic E-state index is 13.5. The minimum absolute atomic E-state index is 0.0447. The Morgan fingerprint density at radius 2 is 2.12 bits per heavy atom. The number of anilines is 1. The molecule has 0 aliphatic carbocycles. The number of carbonyl (C=O) groups excluding carboxylic acids is 1. The molecule has 2 fully saturated rings. The van der Waals surface area contributed by atoms with Gasteiger partial charge in [0.1, 0.15) is 23.1 Å². The van der Waals surface area contributed by atoms with Gasteiger partial charge in [0, 0.05) is 32.4 Å². The number of amides is 1. The summed E-state index contributed by atoms with van der Waals surface area (Å²) in [6.45, 7) is 7.94. The van der Waals surface area contributed by atoms with Crippen LogP contribution in [0.5, 0.6) is 0 Å². The summed E-state index contributed by atoms with van der Waals surface area (Å²) in [7, 11) is 0. The van der Waals surface area contributed by atoms with E-state index < -0.39 is 5.91 Å². The molecule has 174 valence electrons. The third-order valence-electron chi connectivity index (χ3n) is 5.95. The molecule has 9 nitrogen and oxygen atoms in total. The van der Waals surface area contributed by atoms with Gasteiger partial charge in [-0.1, -0.05) is 6.07 Å². The van der Waals surface area contributed by atoms with Gasteiger partial charge in [0.05, 0.1) is 23.9 Å². The van der Waals surface area contributed by atoms with Crippen LogP contribution in [0.15, 0.2) is 28.7 Å². The number of carbonyl (C=O) groups is 1. The van der Waals surface area contributed by atoms with E-state index >= 15 is 0 Å². The first-order chi connectivity index (χ1) is 15.9. The summed E-state index contributed by atoms with van der Waals surface area (Å²) in [4.78, 5) is 33.1. The van der Waals surface area contributed by atoms with Crippen LogP contribution in [0, 0.1) is 18.3 Å². The Morgan fingerprint density at radius 1 is 1.36 bits per heavy atom. The number of aromatic nitrogens is 2. The van der Waals surface area contributed by atoms with Crippen molar-refractivity contribution >= 4 is 23.4 Å². The summed E-state index contributed by atoms with van der Waals surface area (Å²) in [5, 5.41) is 12.5. The maximum absolute atomic E-state index is 13.5. The van der Waals surface area contributed by atoms with Crippen molar-refractivity contribution in [3.05, 3.63) is 45.4 Å². The summed E-state index contributed by atoms with van der Waals surface area (Å²) in [5.74, 6) is -0.0765. The number of nitrogens with zero attached hydrogens (tertiary/aromatic N) is 4. The van der Waals surface area contributed by atoms with Gasteiger partial charge in [-0.3, -0.25) is 14.0 Å². The van der Waals surface area contributed by atoms with Crippen LogP contribution in [0.3, 0.4) is 0 Å². The molecule has 3 unspecified atom stereocenters. The van der Waals surface area contributed by atoms with Crippen LogP contribution in [-0.2, 0) is 14.3 Å². The quantitative estimate of drug-likeness (QED) is 0.546. The number of aryl methyl sites for hydroxylation is 1. The molecule has 9 heteroatoms. The highest BCUT2D eigenvalue weighted by Gasteiger charge is 2.27. The van der Waals surface area contributed by atoms with E-state index in [9.17, 15) is 14.9 Å². The molecule has 2 aromatic rings. The molecule has 2 aliphatic heterocycles. The Morgan fingerprint density at radius 3 is 2.79 bits per heavy atom. The smallest absolute Gasteiger partial charge is 0.267 e. The van der Waals surface area contributed by atoms with Crippen LogP contribution in [0.25, 0.3) is 11.7 Å². The van der Waals surface area contributed by atoms with Crippen molar-refractivity contribution in [2.24, 2.45) is 0 Å². The van der Waals surface area contributed by atoms with Crippen LogP contribution in [-0.4, -0.2) is 59.8 Å². The Labute approximate surface area is 192 Å². The minimum atomic E-state index is -0.531. The second-order valence-corrected chi connectivity index (χ2v) is 8.72. The SMILES string of the molecule is Cc1cccn2c(=O)c(/C=C(\C#N)C(=O)NCC3CCCO3)c(N3CC(C)OC(C)C3)nc12. The lowest BCUT2D eigenvalue weighted by atomic mass is 10.1. The molecule has 2 saturated heterocycles. The monoisotopic (exact) mass is 451 g/mol. The van der Waals surface area contributed by atoms with Gasteiger partial charge in [-0.2, -0.15) is 5.26 Å². The van der Waals surface area contributed by atoms with Gasteiger partial charge in [0.15, 0.2) is 0 Å². The van der Waals surface area contributed by atoms with Crippen LogP contribution in [0.2, 0.25) is 0 Å². The van der Waals surface area contributed by atoms with Crippen molar-refractivity contribution in [3.63, 3.8) is 0 Å². The molecular formula is C24H29N5O4. The fraction of sp³-hybridized carbons (Fsp3) is 0.500. The maximum Gasteiger partial charge on any atom is 0.267 e. The van der Waals surface area contributed by atoms with Gasteiger partial charge >= 0.3 is 0 Å². The molecule has 0 spiro atoms. The summed E-state index contributed by atoms with van der Waals surface area (Å²) >= 11 is 0. The first-order valence-electron chi connectivity index (χ1n) is 11.3. The predicted octanol–water partition coefficient (Wildman–Crippen LogP) is 1.82. The van der Waals surface area contributed by atoms with E-state index in [1.165, 1.54) is 10.5 Å². The van der Waals surface area contributed by atoms with Crippen molar-refractivity contribution in [2.45, 2.75) is 51.9 Å². The number of hydrogen-bond donors (Lipinski definition) is 1. The highest BCUT2D eigenvalue weighted by molar-refractivity contribution is 6.02. The molecule has 4 rings (SSSR count). The number of nitrogens with one attached hydrogen (secondary N) is 1. The van der Waals surface area contributed by atoms with E-state index in [1.54, 1.807) is 12.3 Å². The molecule has 2 aliphatic rings. The predicted molar refractivity (Wildman–Crippen MR) is 124 cm³/mol. The highest BCUT2D eigenvalue weighted by atomic mass is 16.5. The van der Waals surface area contributed by atoms with Crippen molar-refractivity contribution in [3.8, 4) is 6.07 Å². The van der Waals surface area contributed by atoms with E-state index in [4.69, 9.17) is 14.5 Å². The average molecular weight is 452 g/mol. The first kappa shape index (κ1) is 23.0. The largest absolute Gasteiger partial charge is 0.376 e. The van der Waals surface area contributed by atoms with E-state index in [0.29, 0.717) is 37.7 Å². The van der Waals surface area contributed by atoms with Crippen molar-refractivity contribution < 1.29 is 14.3 Å². The van der Waals surface area contributed by atoms with E-state index in [1.807, 2.05) is 37.8 Å². The van der Waals surface area contributed by atoms with Crippen molar-refractivity contribution in [1.29, 1.82) is 5.26 Å². The Balaban J connectivity index is 1.77. The molecule has 4 heterocycles. The zero-order chi connectivity index (χ0) is 23.5. The summed E-state index contributed by atoms with van der Waals surface area (Å²) < 4.78 is 12.8.